The van der Waals surface area contributed by atoms with E-state index in [1.165, 1.54) is 14.0 Å². The van der Waals surface area contributed by atoms with E-state index in [1.54, 1.807) is 14.0 Å². The summed E-state index contributed by atoms with van der Waals surface area (Å²) in [6, 6.07) is -0.338. The first kappa shape index (κ1) is 15.9. The summed E-state index contributed by atoms with van der Waals surface area (Å²) in [6.45, 7) is 3.39. The van der Waals surface area contributed by atoms with Gasteiger partial charge in [-0.1, -0.05) is 6.08 Å². The van der Waals surface area contributed by atoms with Crippen molar-refractivity contribution in [3.8, 4) is 0 Å². The van der Waals surface area contributed by atoms with E-state index < -0.39 is 17.6 Å². The molecule has 0 fully saturated rings. The Morgan fingerprint density at radius 1 is 1.47 bits per heavy atom. The van der Waals surface area contributed by atoms with Crippen LogP contribution in [-0.4, -0.2) is 38.8 Å². The van der Waals surface area contributed by atoms with Crippen molar-refractivity contribution in [2.75, 3.05) is 20.7 Å². The van der Waals surface area contributed by atoms with Crippen molar-refractivity contribution >= 4 is 5.90 Å². The number of hydrogen-bond acceptors (Lipinski definition) is 4. The third-order valence-corrected chi connectivity index (χ3v) is 1.93. The summed E-state index contributed by atoms with van der Waals surface area (Å²) in [4.78, 5) is 3.87. The number of hydrazine groups is 1. The third kappa shape index (κ3) is 5.69. The van der Waals surface area contributed by atoms with Gasteiger partial charge in [0.05, 0.1) is 13.2 Å². The number of rotatable bonds is 5. The van der Waals surface area contributed by atoms with Gasteiger partial charge >= 0.3 is 6.18 Å². The fourth-order valence-corrected chi connectivity index (χ4v) is 1.14. The van der Waals surface area contributed by atoms with Crippen LogP contribution in [0.15, 0.2) is 16.6 Å². The fourth-order valence-electron chi connectivity index (χ4n) is 1.14. The highest BCUT2D eigenvalue weighted by molar-refractivity contribution is 5.94. The molecule has 0 radical (unpaired) electrons. The van der Waals surface area contributed by atoms with Gasteiger partial charge in [-0.15, -0.1) is 0 Å². The van der Waals surface area contributed by atoms with Crippen LogP contribution >= 0.6 is 0 Å². The minimum absolute atomic E-state index is 0.338. The number of alkyl halides is 3. The summed E-state index contributed by atoms with van der Waals surface area (Å²) in [7, 11) is 2.84. The molecule has 0 aliphatic heterocycles. The third-order valence-electron chi connectivity index (χ3n) is 1.93. The van der Waals surface area contributed by atoms with Gasteiger partial charge in [-0.2, -0.15) is 13.2 Å². The molecule has 17 heavy (non-hydrogen) atoms. The highest BCUT2D eigenvalue weighted by atomic mass is 19.4. The molecule has 0 saturated carbocycles. The largest absolute Gasteiger partial charge is 0.481 e. The molecule has 2 N–H and O–H groups in total. The van der Waals surface area contributed by atoms with E-state index in [2.05, 4.69) is 15.8 Å². The van der Waals surface area contributed by atoms with Crippen molar-refractivity contribution in [2.24, 2.45) is 4.99 Å². The number of halogens is 3. The molecular weight excluding hydrogens is 235 g/mol. The molecule has 4 nitrogen and oxygen atoms in total. The molecule has 0 rings (SSSR count). The zero-order chi connectivity index (χ0) is 13.5. The van der Waals surface area contributed by atoms with Crippen LogP contribution in [0, 0.1) is 0 Å². The molecule has 7 heteroatoms. The van der Waals surface area contributed by atoms with Gasteiger partial charge in [-0.3, -0.25) is 10.9 Å². The molecular formula is C10H18F3N3O. The Bertz CT molecular complexity index is 287. The second-order valence-electron chi connectivity index (χ2n) is 3.32. The maximum absolute atomic E-state index is 12.6. The Morgan fingerprint density at radius 2 is 2.06 bits per heavy atom. The molecule has 0 saturated heterocycles. The van der Waals surface area contributed by atoms with Gasteiger partial charge in [0, 0.05) is 6.54 Å². The highest BCUT2D eigenvalue weighted by Crippen LogP contribution is 2.27. The Hall–Kier alpha value is -1.08. The first-order valence-corrected chi connectivity index (χ1v) is 5.12. The molecule has 0 aromatic rings. The second-order valence-corrected chi connectivity index (χ2v) is 3.32. The summed E-state index contributed by atoms with van der Waals surface area (Å²) in [5.74, 6) is -0.398. The molecule has 0 bridgehead atoms. The van der Waals surface area contributed by atoms with Crippen LogP contribution in [0.25, 0.3) is 0 Å². The number of hydrogen-bond donors (Lipinski definition) is 2. The smallest absolute Gasteiger partial charge is 0.421 e. The zero-order valence-electron chi connectivity index (χ0n) is 10.4. The molecule has 0 aliphatic carbocycles. The van der Waals surface area contributed by atoms with E-state index in [9.17, 15) is 13.2 Å². The van der Waals surface area contributed by atoms with Gasteiger partial charge in [-0.05, 0) is 20.9 Å². The van der Waals surface area contributed by atoms with Crippen LogP contribution in [0.2, 0.25) is 0 Å². The number of allylic oxidation sites excluding steroid dienone is 1. The molecule has 0 amide bonds. The van der Waals surface area contributed by atoms with Crippen LogP contribution in [0.4, 0.5) is 13.2 Å². The van der Waals surface area contributed by atoms with Crippen molar-refractivity contribution < 1.29 is 17.9 Å². The van der Waals surface area contributed by atoms with E-state index >= 15 is 0 Å². The van der Waals surface area contributed by atoms with Crippen LogP contribution in [0.3, 0.4) is 0 Å². The number of ether oxygens (including phenoxy) is 1. The lowest BCUT2D eigenvalue weighted by Crippen LogP contribution is -2.34. The Morgan fingerprint density at radius 3 is 2.41 bits per heavy atom. The minimum atomic E-state index is -4.46. The Kier molecular flexibility index (Phi) is 6.82. The summed E-state index contributed by atoms with van der Waals surface area (Å²) < 4.78 is 42.5. The van der Waals surface area contributed by atoms with Crippen molar-refractivity contribution in [1.29, 1.82) is 0 Å². The van der Waals surface area contributed by atoms with Gasteiger partial charge in [0.15, 0.2) is 0 Å². The van der Waals surface area contributed by atoms with E-state index in [0.29, 0.717) is 6.54 Å². The molecule has 0 aliphatic rings. The molecule has 0 aromatic carbocycles. The molecule has 0 spiro atoms. The number of aliphatic imine (C=N–C) groups is 1. The quantitative estimate of drug-likeness (QED) is 0.445. The number of methoxy groups -OCH3 is 1. The molecule has 0 heterocycles. The fraction of sp³-hybridized carbons (Fsp3) is 0.700. The maximum atomic E-state index is 12.6. The first-order valence-electron chi connectivity index (χ1n) is 5.12. The summed E-state index contributed by atoms with van der Waals surface area (Å²) in [5.41, 5.74) is 4.56. The van der Waals surface area contributed by atoms with E-state index in [0.717, 1.165) is 6.08 Å². The van der Waals surface area contributed by atoms with Gasteiger partial charge in [-0.25, -0.2) is 4.99 Å². The molecule has 100 valence electrons. The predicted octanol–water partition coefficient (Wildman–Crippen LogP) is 1.65. The molecule has 0 aromatic heterocycles. The zero-order valence-corrected chi connectivity index (χ0v) is 10.4. The van der Waals surface area contributed by atoms with Crippen molar-refractivity contribution in [2.45, 2.75) is 26.1 Å². The first-order chi connectivity index (χ1) is 7.86. The monoisotopic (exact) mass is 253 g/mol. The van der Waals surface area contributed by atoms with E-state index in [-0.39, 0.29) is 6.04 Å². The lowest BCUT2D eigenvalue weighted by Gasteiger charge is -2.15. The SMILES string of the molecule is C/C=C(\C(=N/C(C)CNNC)OC)C(F)(F)F. The molecule has 1 unspecified atom stereocenters. The standard InChI is InChI=1S/C10H18F3N3O/c1-5-8(10(11,12)13)9(17-4)16-7(2)6-15-14-3/h5,7,14-15H,6H2,1-4H3/b8-5+,16-9+. The summed E-state index contributed by atoms with van der Waals surface area (Å²) in [6.07, 6.45) is -3.51. The van der Waals surface area contributed by atoms with Gasteiger partial charge in [0.25, 0.3) is 0 Å². The summed E-state index contributed by atoms with van der Waals surface area (Å²) >= 11 is 0. The predicted molar refractivity (Wildman–Crippen MR) is 60.8 cm³/mol. The number of nitrogens with one attached hydrogen (secondary N) is 2. The van der Waals surface area contributed by atoms with Gasteiger partial charge < -0.3 is 4.74 Å². The average molecular weight is 253 g/mol. The topological polar surface area (TPSA) is 45.7 Å². The molecule has 1 atom stereocenters. The van der Waals surface area contributed by atoms with E-state index in [1.807, 2.05) is 0 Å². The minimum Gasteiger partial charge on any atom is -0.481 e. The van der Waals surface area contributed by atoms with Gasteiger partial charge in [0.2, 0.25) is 5.90 Å². The van der Waals surface area contributed by atoms with Crippen LogP contribution < -0.4 is 10.9 Å². The van der Waals surface area contributed by atoms with Gasteiger partial charge in [0.1, 0.15) is 5.57 Å². The van der Waals surface area contributed by atoms with Crippen molar-refractivity contribution in [3.63, 3.8) is 0 Å². The highest BCUT2D eigenvalue weighted by Gasteiger charge is 2.37. The van der Waals surface area contributed by atoms with Crippen LogP contribution in [-0.2, 0) is 4.74 Å². The van der Waals surface area contributed by atoms with Crippen LogP contribution in [0.1, 0.15) is 13.8 Å². The normalized spacial score (nSPS) is 15.9. The summed E-state index contributed by atoms with van der Waals surface area (Å²) in [5, 5.41) is 0. The maximum Gasteiger partial charge on any atom is 0.421 e. The van der Waals surface area contributed by atoms with E-state index in [4.69, 9.17) is 4.74 Å². The second kappa shape index (κ2) is 7.29. The van der Waals surface area contributed by atoms with Crippen molar-refractivity contribution in [1.82, 2.24) is 10.9 Å². The average Bonchev–Trinajstić information content (AvgIpc) is 2.24. The Balaban J connectivity index is 4.87. The van der Waals surface area contributed by atoms with Crippen LogP contribution in [0.5, 0.6) is 0 Å². The van der Waals surface area contributed by atoms with Crippen molar-refractivity contribution in [3.05, 3.63) is 11.6 Å². The lowest BCUT2D eigenvalue weighted by atomic mass is 10.2. The Labute approximate surface area is 98.9 Å². The number of nitrogens with zero attached hydrogens (tertiary/aromatic N) is 1. The lowest BCUT2D eigenvalue weighted by molar-refractivity contribution is -0.0877.